The molecule has 68 valence electrons. The van der Waals surface area contributed by atoms with Gasteiger partial charge in [-0.05, 0) is 18.5 Å². The SMILES string of the molecule is CNCc1nn(C)cc1C(C)C. The Morgan fingerprint density at radius 1 is 1.58 bits per heavy atom. The molecule has 0 aliphatic heterocycles. The van der Waals surface area contributed by atoms with Gasteiger partial charge in [0.1, 0.15) is 0 Å². The number of aromatic nitrogens is 2. The van der Waals surface area contributed by atoms with Crippen molar-refractivity contribution in [1.29, 1.82) is 0 Å². The molecule has 0 saturated heterocycles. The molecule has 0 bridgehead atoms. The quantitative estimate of drug-likeness (QED) is 0.734. The number of nitrogens with one attached hydrogen (secondary N) is 1. The number of rotatable bonds is 3. The average molecular weight is 167 g/mol. The van der Waals surface area contributed by atoms with Gasteiger partial charge in [0.2, 0.25) is 0 Å². The van der Waals surface area contributed by atoms with Crippen LogP contribution in [0, 0.1) is 0 Å². The molecule has 1 rings (SSSR count). The molecule has 0 radical (unpaired) electrons. The van der Waals surface area contributed by atoms with Crippen molar-refractivity contribution in [2.45, 2.75) is 26.3 Å². The minimum atomic E-state index is 0.557. The van der Waals surface area contributed by atoms with Gasteiger partial charge in [-0.25, -0.2) is 0 Å². The van der Waals surface area contributed by atoms with E-state index >= 15 is 0 Å². The zero-order chi connectivity index (χ0) is 9.14. The topological polar surface area (TPSA) is 29.9 Å². The lowest BCUT2D eigenvalue weighted by molar-refractivity contribution is 0.708. The number of hydrogen-bond donors (Lipinski definition) is 1. The number of nitrogens with zero attached hydrogens (tertiary/aromatic N) is 2. The lowest BCUT2D eigenvalue weighted by Crippen LogP contribution is -2.08. The minimum absolute atomic E-state index is 0.557. The van der Waals surface area contributed by atoms with Crippen LogP contribution in [0.3, 0.4) is 0 Å². The van der Waals surface area contributed by atoms with E-state index in [1.54, 1.807) is 0 Å². The molecule has 1 N–H and O–H groups in total. The second-order valence-electron chi connectivity index (χ2n) is 3.39. The van der Waals surface area contributed by atoms with E-state index in [2.05, 4.69) is 30.5 Å². The smallest absolute Gasteiger partial charge is 0.0796 e. The van der Waals surface area contributed by atoms with Gasteiger partial charge in [-0.15, -0.1) is 0 Å². The standard InChI is InChI=1S/C9H17N3/c1-7(2)8-6-12(4)11-9(8)5-10-3/h6-7,10H,5H2,1-4H3. The molecular formula is C9H17N3. The summed E-state index contributed by atoms with van der Waals surface area (Å²) in [6.07, 6.45) is 2.09. The maximum atomic E-state index is 4.38. The molecule has 1 heterocycles. The van der Waals surface area contributed by atoms with Crippen molar-refractivity contribution in [3.05, 3.63) is 17.5 Å². The van der Waals surface area contributed by atoms with Gasteiger partial charge < -0.3 is 5.32 Å². The summed E-state index contributed by atoms with van der Waals surface area (Å²) in [5.74, 6) is 0.557. The maximum absolute atomic E-state index is 4.38. The molecule has 0 aliphatic carbocycles. The van der Waals surface area contributed by atoms with Crippen LogP contribution in [0.2, 0.25) is 0 Å². The van der Waals surface area contributed by atoms with Crippen LogP contribution in [0.15, 0.2) is 6.20 Å². The molecule has 0 unspecified atom stereocenters. The number of aryl methyl sites for hydroxylation is 1. The van der Waals surface area contributed by atoms with Crippen molar-refractivity contribution in [2.24, 2.45) is 7.05 Å². The Morgan fingerprint density at radius 2 is 2.25 bits per heavy atom. The lowest BCUT2D eigenvalue weighted by atomic mass is 10.0. The highest BCUT2D eigenvalue weighted by molar-refractivity contribution is 5.20. The molecule has 0 spiro atoms. The molecule has 0 aromatic carbocycles. The molecule has 0 saturated carbocycles. The van der Waals surface area contributed by atoms with E-state index in [-0.39, 0.29) is 0 Å². The fourth-order valence-corrected chi connectivity index (χ4v) is 1.34. The van der Waals surface area contributed by atoms with Gasteiger partial charge >= 0.3 is 0 Å². The fraction of sp³-hybridized carbons (Fsp3) is 0.667. The Labute approximate surface area is 73.8 Å². The van der Waals surface area contributed by atoms with Crippen molar-refractivity contribution < 1.29 is 0 Å². The molecule has 1 aromatic rings. The van der Waals surface area contributed by atoms with E-state index in [1.165, 1.54) is 5.56 Å². The molecule has 0 amide bonds. The molecule has 0 atom stereocenters. The van der Waals surface area contributed by atoms with Crippen LogP contribution in [0.25, 0.3) is 0 Å². The molecule has 3 nitrogen and oxygen atoms in total. The van der Waals surface area contributed by atoms with E-state index in [0.29, 0.717) is 5.92 Å². The fourth-order valence-electron chi connectivity index (χ4n) is 1.34. The predicted octanol–water partition coefficient (Wildman–Crippen LogP) is 1.26. The Morgan fingerprint density at radius 3 is 2.75 bits per heavy atom. The van der Waals surface area contributed by atoms with E-state index in [4.69, 9.17) is 0 Å². The van der Waals surface area contributed by atoms with E-state index < -0.39 is 0 Å². The Kier molecular flexibility index (Phi) is 2.87. The molecule has 0 fully saturated rings. The second kappa shape index (κ2) is 3.72. The zero-order valence-corrected chi connectivity index (χ0v) is 8.26. The van der Waals surface area contributed by atoms with Crippen LogP contribution in [0.1, 0.15) is 31.0 Å². The van der Waals surface area contributed by atoms with Crippen LogP contribution in [-0.2, 0) is 13.6 Å². The van der Waals surface area contributed by atoms with Gasteiger partial charge in [-0.3, -0.25) is 4.68 Å². The first-order valence-corrected chi connectivity index (χ1v) is 4.32. The van der Waals surface area contributed by atoms with E-state index in [9.17, 15) is 0 Å². The lowest BCUT2D eigenvalue weighted by Gasteiger charge is -2.03. The molecular weight excluding hydrogens is 150 g/mol. The van der Waals surface area contributed by atoms with Gasteiger partial charge in [0.05, 0.1) is 5.69 Å². The summed E-state index contributed by atoms with van der Waals surface area (Å²) in [5, 5.41) is 7.49. The Bertz CT molecular complexity index is 250. The van der Waals surface area contributed by atoms with Crippen molar-refractivity contribution in [1.82, 2.24) is 15.1 Å². The minimum Gasteiger partial charge on any atom is -0.314 e. The third kappa shape index (κ3) is 1.85. The van der Waals surface area contributed by atoms with Crippen LogP contribution in [0.5, 0.6) is 0 Å². The maximum Gasteiger partial charge on any atom is 0.0796 e. The zero-order valence-electron chi connectivity index (χ0n) is 8.26. The summed E-state index contributed by atoms with van der Waals surface area (Å²) in [4.78, 5) is 0. The summed E-state index contributed by atoms with van der Waals surface area (Å²) < 4.78 is 1.88. The second-order valence-corrected chi connectivity index (χ2v) is 3.39. The average Bonchev–Trinajstić information content (AvgIpc) is 2.32. The van der Waals surface area contributed by atoms with Gasteiger partial charge in [-0.1, -0.05) is 13.8 Å². The van der Waals surface area contributed by atoms with Gasteiger partial charge in [0, 0.05) is 19.8 Å². The third-order valence-corrected chi connectivity index (χ3v) is 1.90. The van der Waals surface area contributed by atoms with E-state index in [0.717, 1.165) is 12.2 Å². The summed E-state index contributed by atoms with van der Waals surface area (Å²) >= 11 is 0. The highest BCUT2D eigenvalue weighted by Gasteiger charge is 2.09. The summed E-state index contributed by atoms with van der Waals surface area (Å²) in [6, 6.07) is 0. The highest BCUT2D eigenvalue weighted by atomic mass is 15.3. The van der Waals surface area contributed by atoms with Crippen LogP contribution < -0.4 is 5.32 Å². The van der Waals surface area contributed by atoms with Crippen molar-refractivity contribution in [3.8, 4) is 0 Å². The van der Waals surface area contributed by atoms with E-state index in [1.807, 2.05) is 18.8 Å². The molecule has 3 heteroatoms. The Balaban J connectivity index is 2.92. The van der Waals surface area contributed by atoms with Crippen molar-refractivity contribution >= 4 is 0 Å². The van der Waals surface area contributed by atoms with Gasteiger partial charge in [-0.2, -0.15) is 5.10 Å². The largest absolute Gasteiger partial charge is 0.314 e. The van der Waals surface area contributed by atoms with Gasteiger partial charge in [0.25, 0.3) is 0 Å². The normalized spacial score (nSPS) is 11.1. The summed E-state index contributed by atoms with van der Waals surface area (Å²) in [5.41, 5.74) is 2.50. The van der Waals surface area contributed by atoms with Crippen molar-refractivity contribution in [2.75, 3.05) is 7.05 Å². The summed E-state index contributed by atoms with van der Waals surface area (Å²) in [6.45, 7) is 5.24. The predicted molar refractivity (Wildman–Crippen MR) is 50.1 cm³/mol. The van der Waals surface area contributed by atoms with Crippen LogP contribution in [0.4, 0.5) is 0 Å². The monoisotopic (exact) mass is 167 g/mol. The highest BCUT2D eigenvalue weighted by Crippen LogP contribution is 2.17. The molecule has 12 heavy (non-hydrogen) atoms. The first kappa shape index (κ1) is 9.26. The number of hydrogen-bond acceptors (Lipinski definition) is 2. The first-order chi connectivity index (χ1) is 5.65. The van der Waals surface area contributed by atoms with Crippen LogP contribution >= 0.6 is 0 Å². The third-order valence-electron chi connectivity index (χ3n) is 1.90. The van der Waals surface area contributed by atoms with Crippen LogP contribution in [-0.4, -0.2) is 16.8 Å². The van der Waals surface area contributed by atoms with Gasteiger partial charge in [0.15, 0.2) is 0 Å². The first-order valence-electron chi connectivity index (χ1n) is 4.32. The summed E-state index contributed by atoms with van der Waals surface area (Å²) in [7, 11) is 3.91. The molecule has 0 aliphatic rings. The Hall–Kier alpha value is -0.830. The molecule has 1 aromatic heterocycles. The van der Waals surface area contributed by atoms with Crippen molar-refractivity contribution in [3.63, 3.8) is 0 Å².